The van der Waals surface area contributed by atoms with Gasteiger partial charge in [0.1, 0.15) is 11.6 Å². The third-order valence-corrected chi connectivity index (χ3v) is 5.24. The molecule has 31 heavy (non-hydrogen) atoms. The minimum Gasteiger partial charge on any atom is -0.462 e. The number of nitriles is 1. The van der Waals surface area contributed by atoms with Crippen LogP contribution in [0.2, 0.25) is 0 Å². The summed E-state index contributed by atoms with van der Waals surface area (Å²) >= 11 is 0. The highest BCUT2D eigenvalue weighted by atomic mass is 16.5. The second kappa shape index (κ2) is 9.52. The lowest BCUT2D eigenvalue weighted by Crippen LogP contribution is -2.18. The monoisotopic (exact) mass is 420 g/mol. The fraction of sp³-hybridized carbons (Fsp3) is 0.375. The van der Waals surface area contributed by atoms with Gasteiger partial charge in [-0.3, -0.25) is 4.57 Å². The number of hydrogen-bond donors (Lipinski definition) is 1. The molecule has 0 aliphatic carbocycles. The van der Waals surface area contributed by atoms with E-state index in [-0.39, 0.29) is 17.9 Å². The number of carbonyl (C=O) groups is 1. The number of esters is 1. The number of nitrogens with zero attached hydrogens (tertiary/aromatic N) is 3. The molecule has 0 bridgehead atoms. The Balaban J connectivity index is 1.63. The number of benzene rings is 1. The third kappa shape index (κ3) is 4.97. The molecule has 0 atom stereocenters. The molecule has 0 unspecified atom stereocenters. The molecule has 0 spiro atoms. The van der Waals surface area contributed by atoms with Gasteiger partial charge in [-0.1, -0.05) is 26.0 Å². The van der Waals surface area contributed by atoms with Crippen molar-refractivity contribution >= 4 is 23.1 Å². The molecular formula is C24H28N4O3. The van der Waals surface area contributed by atoms with E-state index >= 15 is 0 Å². The summed E-state index contributed by atoms with van der Waals surface area (Å²) in [4.78, 5) is 27.3. The molecule has 0 aliphatic rings. The first-order chi connectivity index (χ1) is 14.8. The average molecular weight is 421 g/mol. The van der Waals surface area contributed by atoms with Crippen LogP contribution >= 0.6 is 0 Å². The van der Waals surface area contributed by atoms with E-state index in [1.54, 1.807) is 10.6 Å². The molecule has 0 fully saturated rings. The van der Waals surface area contributed by atoms with Crippen LogP contribution in [-0.4, -0.2) is 26.7 Å². The Bertz CT molecular complexity index is 1220. The van der Waals surface area contributed by atoms with Crippen LogP contribution in [0.3, 0.4) is 0 Å². The summed E-state index contributed by atoms with van der Waals surface area (Å²) < 4.78 is 9.11. The van der Waals surface area contributed by atoms with Gasteiger partial charge in [-0.15, -0.1) is 0 Å². The number of carbonyl (C=O) groups excluding carboxylic acids is 1. The van der Waals surface area contributed by atoms with Crippen molar-refractivity contribution in [2.75, 3.05) is 6.61 Å². The highest BCUT2D eigenvalue weighted by Crippen LogP contribution is 2.20. The van der Waals surface area contributed by atoms with Crippen LogP contribution < -0.4 is 5.69 Å². The number of H-pyrrole nitrogens is 1. The number of fused-ring (bicyclic) bond motifs is 1. The zero-order chi connectivity index (χ0) is 22.5. The van der Waals surface area contributed by atoms with Crippen molar-refractivity contribution in [3.63, 3.8) is 0 Å². The highest BCUT2D eigenvalue weighted by Gasteiger charge is 2.15. The van der Waals surface area contributed by atoms with Crippen molar-refractivity contribution in [3.05, 3.63) is 63.3 Å². The van der Waals surface area contributed by atoms with Gasteiger partial charge in [0, 0.05) is 24.5 Å². The second-order valence-corrected chi connectivity index (χ2v) is 8.09. The maximum Gasteiger partial charge on any atom is 0.348 e. The van der Waals surface area contributed by atoms with E-state index in [9.17, 15) is 14.9 Å². The number of ether oxygens (including phenoxy) is 1. The van der Waals surface area contributed by atoms with Gasteiger partial charge in [0.15, 0.2) is 0 Å². The summed E-state index contributed by atoms with van der Waals surface area (Å²) in [7, 11) is 0. The topological polar surface area (TPSA) is 92.8 Å². The number of aromatic nitrogens is 3. The summed E-state index contributed by atoms with van der Waals surface area (Å²) in [6.45, 7) is 9.72. The van der Waals surface area contributed by atoms with Crippen LogP contribution in [0.25, 0.3) is 17.1 Å². The normalized spacial score (nSPS) is 11.8. The van der Waals surface area contributed by atoms with Crippen LogP contribution in [-0.2, 0) is 22.6 Å². The van der Waals surface area contributed by atoms with Crippen molar-refractivity contribution in [3.8, 4) is 6.07 Å². The number of rotatable bonds is 8. The smallest absolute Gasteiger partial charge is 0.348 e. The van der Waals surface area contributed by atoms with E-state index in [0.717, 1.165) is 34.5 Å². The Morgan fingerprint density at radius 2 is 2.00 bits per heavy atom. The fourth-order valence-corrected chi connectivity index (χ4v) is 3.71. The third-order valence-electron chi connectivity index (χ3n) is 5.24. The van der Waals surface area contributed by atoms with Gasteiger partial charge in [0.25, 0.3) is 0 Å². The Hall–Kier alpha value is -3.53. The Morgan fingerprint density at radius 1 is 1.26 bits per heavy atom. The van der Waals surface area contributed by atoms with Crippen LogP contribution in [0.15, 0.2) is 40.7 Å². The summed E-state index contributed by atoms with van der Waals surface area (Å²) in [6, 6.07) is 11.4. The summed E-state index contributed by atoms with van der Waals surface area (Å²) in [5, 5.41) is 9.46. The Labute approximate surface area is 181 Å². The molecule has 0 amide bonds. The largest absolute Gasteiger partial charge is 0.462 e. The minimum atomic E-state index is -0.651. The lowest BCUT2D eigenvalue weighted by molar-refractivity contribution is -0.138. The first-order valence-electron chi connectivity index (χ1n) is 10.4. The molecule has 2 aromatic heterocycles. The second-order valence-electron chi connectivity index (χ2n) is 8.09. The zero-order valence-electron chi connectivity index (χ0n) is 18.4. The van der Waals surface area contributed by atoms with Crippen LogP contribution in [0, 0.1) is 31.1 Å². The molecule has 3 rings (SSSR count). The van der Waals surface area contributed by atoms with E-state index in [1.807, 2.05) is 50.2 Å². The first kappa shape index (κ1) is 22.2. The summed E-state index contributed by atoms with van der Waals surface area (Å²) in [5.41, 5.74) is 4.31. The molecule has 7 heteroatoms. The van der Waals surface area contributed by atoms with E-state index in [0.29, 0.717) is 18.9 Å². The van der Waals surface area contributed by atoms with Crippen LogP contribution in [0.5, 0.6) is 0 Å². The Morgan fingerprint density at radius 3 is 2.71 bits per heavy atom. The van der Waals surface area contributed by atoms with Gasteiger partial charge in [0.05, 0.1) is 17.6 Å². The quantitative estimate of drug-likeness (QED) is 0.258. The van der Waals surface area contributed by atoms with Gasteiger partial charge in [-0.25, -0.2) is 9.59 Å². The maximum absolute atomic E-state index is 12.4. The molecule has 0 saturated heterocycles. The summed E-state index contributed by atoms with van der Waals surface area (Å²) in [5.74, 6) is -0.158. The molecule has 0 aliphatic heterocycles. The van der Waals surface area contributed by atoms with Crippen molar-refractivity contribution < 1.29 is 9.53 Å². The first-order valence-corrected chi connectivity index (χ1v) is 10.4. The molecule has 1 N–H and O–H groups in total. The molecule has 3 aromatic rings. The predicted molar refractivity (Wildman–Crippen MR) is 120 cm³/mol. The molecule has 0 saturated carbocycles. The molecule has 1 aromatic carbocycles. The lowest BCUT2D eigenvalue weighted by atomic mass is 10.1. The van der Waals surface area contributed by atoms with Gasteiger partial charge in [-0.05, 0) is 56.0 Å². The molecule has 7 nitrogen and oxygen atoms in total. The van der Waals surface area contributed by atoms with E-state index in [4.69, 9.17) is 4.74 Å². The molecule has 162 valence electrons. The predicted octanol–water partition coefficient (Wildman–Crippen LogP) is 3.94. The number of aromatic amines is 1. The molecule has 2 heterocycles. The molecule has 0 radical (unpaired) electrons. The zero-order valence-corrected chi connectivity index (χ0v) is 18.4. The SMILES string of the molecule is Cc1cc(/C=C(\C#N)C(=O)OCCCn2c(=O)[nH]c3ccccc32)c(C)n1CC(C)C. The summed E-state index contributed by atoms with van der Waals surface area (Å²) in [6.07, 6.45) is 2.06. The number of aryl methyl sites for hydroxylation is 2. The number of imidazole rings is 1. The lowest BCUT2D eigenvalue weighted by Gasteiger charge is -2.12. The van der Waals surface area contributed by atoms with Gasteiger partial charge in [0.2, 0.25) is 0 Å². The van der Waals surface area contributed by atoms with Gasteiger partial charge < -0.3 is 14.3 Å². The van der Waals surface area contributed by atoms with E-state index < -0.39 is 5.97 Å². The van der Waals surface area contributed by atoms with Crippen molar-refractivity contribution in [1.29, 1.82) is 5.26 Å². The van der Waals surface area contributed by atoms with Gasteiger partial charge in [-0.2, -0.15) is 5.26 Å². The Kier molecular flexibility index (Phi) is 6.81. The van der Waals surface area contributed by atoms with Crippen molar-refractivity contribution in [2.45, 2.75) is 47.2 Å². The highest BCUT2D eigenvalue weighted by molar-refractivity contribution is 5.98. The molecular weight excluding hydrogens is 392 g/mol. The van der Waals surface area contributed by atoms with Crippen molar-refractivity contribution in [2.24, 2.45) is 5.92 Å². The standard InChI is InChI=1S/C24H28N4O3/c1-16(2)15-28-17(3)12-19(18(28)4)13-20(14-25)23(29)31-11-7-10-27-22-9-6-5-8-21(22)26-24(27)30/h5-6,8-9,12-13,16H,7,10-11,15H2,1-4H3,(H,26,30)/b20-13+. The van der Waals surface area contributed by atoms with Crippen molar-refractivity contribution in [1.82, 2.24) is 14.1 Å². The number of nitrogens with one attached hydrogen (secondary N) is 1. The van der Waals surface area contributed by atoms with Crippen LogP contribution in [0.1, 0.15) is 37.2 Å². The van der Waals surface area contributed by atoms with E-state index in [1.165, 1.54) is 0 Å². The number of para-hydroxylation sites is 2. The maximum atomic E-state index is 12.4. The fourth-order valence-electron chi connectivity index (χ4n) is 3.71. The van der Waals surface area contributed by atoms with E-state index in [2.05, 4.69) is 23.4 Å². The average Bonchev–Trinajstić information content (AvgIpc) is 3.19. The van der Waals surface area contributed by atoms with Crippen LogP contribution in [0.4, 0.5) is 0 Å². The van der Waals surface area contributed by atoms with Gasteiger partial charge >= 0.3 is 11.7 Å². The minimum absolute atomic E-state index is 0.0333. The number of hydrogen-bond acceptors (Lipinski definition) is 4.